The highest BCUT2D eigenvalue weighted by molar-refractivity contribution is 4.76. The number of rotatable bonds is 6. The molecule has 0 aromatic heterocycles. The lowest BCUT2D eigenvalue weighted by Gasteiger charge is -2.28. The van der Waals surface area contributed by atoms with Crippen LogP contribution in [0.25, 0.3) is 0 Å². The molecule has 1 N–H and O–H groups in total. The smallest absolute Gasteiger partial charge is 0.0637 e. The van der Waals surface area contributed by atoms with Crippen LogP contribution in [0.15, 0.2) is 0 Å². The minimum atomic E-state index is -0.0140. The number of hydrogen-bond acceptors (Lipinski definition) is 2. The van der Waals surface area contributed by atoms with Crippen LogP contribution in [0, 0.1) is 0 Å². The molecule has 2 heteroatoms. The van der Waals surface area contributed by atoms with Crippen LogP contribution in [0.5, 0.6) is 0 Å². The molecule has 0 spiro atoms. The summed E-state index contributed by atoms with van der Waals surface area (Å²) in [5.74, 6) is 0. The molecule has 0 fully saturated rings. The van der Waals surface area contributed by atoms with E-state index >= 15 is 0 Å². The van der Waals surface area contributed by atoms with Crippen molar-refractivity contribution < 1.29 is 4.74 Å². The van der Waals surface area contributed by atoms with Gasteiger partial charge in [0.2, 0.25) is 0 Å². The van der Waals surface area contributed by atoms with Crippen molar-refractivity contribution in [2.45, 2.75) is 65.1 Å². The third kappa shape index (κ3) is 6.05. The lowest BCUT2D eigenvalue weighted by Crippen LogP contribution is -2.39. The lowest BCUT2D eigenvalue weighted by atomic mass is 9.99. The van der Waals surface area contributed by atoms with Gasteiger partial charge in [-0.15, -0.1) is 0 Å². The van der Waals surface area contributed by atoms with Crippen LogP contribution in [0.4, 0.5) is 0 Å². The van der Waals surface area contributed by atoms with E-state index < -0.39 is 0 Å². The van der Waals surface area contributed by atoms with E-state index in [1.807, 2.05) is 0 Å². The summed E-state index contributed by atoms with van der Waals surface area (Å²) in [5, 5.41) is 3.54. The minimum Gasteiger partial charge on any atom is -0.379 e. The molecule has 0 unspecified atom stereocenters. The van der Waals surface area contributed by atoms with Crippen LogP contribution in [0.2, 0.25) is 0 Å². The van der Waals surface area contributed by atoms with Gasteiger partial charge in [0.15, 0.2) is 0 Å². The predicted molar refractivity (Wildman–Crippen MR) is 58.1 cm³/mol. The van der Waals surface area contributed by atoms with Crippen molar-refractivity contribution in [3.8, 4) is 0 Å². The summed E-state index contributed by atoms with van der Waals surface area (Å²) in [7, 11) is 1.77. The second-order valence-corrected chi connectivity index (χ2v) is 4.54. The summed E-state index contributed by atoms with van der Waals surface area (Å²) in [6.45, 7) is 10.9. The summed E-state index contributed by atoms with van der Waals surface area (Å²) < 4.78 is 5.38. The van der Waals surface area contributed by atoms with Gasteiger partial charge in [-0.25, -0.2) is 0 Å². The van der Waals surface area contributed by atoms with Gasteiger partial charge in [0.05, 0.1) is 5.60 Å². The quantitative estimate of drug-likeness (QED) is 0.690. The second-order valence-electron chi connectivity index (χ2n) is 4.54. The van der Waals surface area contributed by atoms with Crippen molar-refractivity contribution in [3.63, 3.8) is 0 Å². The van der Waals surface area contributed by atoms with Crippen LogP contribution in [-0.2, 0) is 4.74 Å². The Bertz CT molecular complexity index is 134. The van der Waals surface area contributed by atoms with Gasteiger partial charge in [0, 0.05) is 19.2 Å². The molecule has 2 nitrogen and oxygen atoms in total. The van der Waals surface area contributed by atoms with E-state index in [1.54, 1.807) is 7.11 Å². The third-order valence-electron chi connectivity index (χ3n) is 2.53. The molecule has 0 aliphatic heterocycles. The first-order valence-electron chi connectivity index (χ1n) is 5.22. The highest BCUT2D eigenvalue weighted by atomic mass is 16.5. The van der Waals surface area contributed by atoms with Gasteiger partial charge in [-0.05, 0) is 40.5 Å². The predicted octanol–water partition coefficient (Wildman–Crippen LogP) is 2.58. The molecule has 0 saturated carbocycles. The standard InChI is InChI=1S/C11H25NO/c1-7-9(2)12-10(3)8-11(4,5)13-6/h9-10,12H,7-8H2,1-6H3/t9-,10-/m0/s1. The van der Waals surface area contributed by atoms with Crippen LogP contribution < -0.4 is 5.32 Å². The fraction of sp³-hybridized carbons (Fsp3) is 1.00. The minimum absolute atomic E-state index is 0.0140. The monoisotopic (exact) mass is 187 g/mol. The van der Waals surface area contributed by atoms with Crippen LogP contribution in [-0.4, -0.2) is 24.8 Å². The van der Waals surface area contributed by atoms with Gasteiger partial charge in [-0.1, -0.05) is 6.92 Å². The molecular formula is C11H25NO. The first-order chi connectivity index (χ1) is 5.91. The summed E-state index contributed by atoms with van der Waals surface area (Å²) in [5.41, 5.74) is -0.0140. The zero-order chi connectivity index (χ0) is 10.5. The number of hydrogen-bond donors (Lipinski definition) is 1. The summed E-state index contributed by atoms with van der Waals surface area (Å²) in [4.78, 5) is 0. The molecular weight excluding hydrogens is 162 g/mol. The highest BCUT2D eigenvalue weighted by Gasteiger charge is 2.20. The molecule has 0 bridgehead atoms. The summed E-state index contributed by atoms with van der Waals surface area (Å²) in [6, 6.07) is 1.12. The van der Waals surface area contributed by atoms with E-state index in [0.29, 0.717) is 12.1 Å². The maximum atomic E-state index is 5.38. The van der Waals surface area contributed by atoms with E-state index in [-0.39, 0.29) is 5.60 Å². The summed E-state index contributed by atoms with van der Waals surface area (Å²) in [6.07, 6.45) is 2.23. The van der Waals surface area contributed by atoms with Crippen molar-refractivity contribution in [1.29, 1.82) is 0 Å². The van der Waals surface area contributed by atoms with Crippen molar-refractivity contribution in [1.82, 2.24) is 5.32 Å². The Balaban J connectivity index is 3.79. The molecule has 0 rings (SSSR count). The topological polar surface area (TPSA) is 21.3 Å². The molecule has 0 heterocycles. The molecule has 80 valence electrons. The van der Waals surface area contributed by atoms with Gasteiger partial charge >= 0.3 is 0 Å². The Hall–Kier alpha value is -0.0800. The number of methoxy groups -OCH3 is 1. The van der Waals surface area contributed by atoms with Crippen molar-refractivity contribution >= 4 is 0 Å². The van der Waals surface area contributed by atoms with Gasteiger partial charge in [0.1, 0.15) is 0 Å². The number of nitrogens with one attached hydrogen (secondary N) is 1. The molecule has 0 aliphatic rings. The maximum Gasteiger partial charge on any atom is 0.0637 e. The average molecular weight is 187 g/mol. The van der Waals surface area contributed by atoms with Gasteiger partial charge in [-0.2, -0.15) is 0 Å². The van der Waals surface area contributed by atoms with E-state index in [4.69, 9.17) is 4.74 Å². The average Bonchev–Trinajstić information content (AvgIpc) is 2.03. The molecule has 0 radical (unpaired) electrons. The molecule has 0 saturated heterocycles. The maximum absolute atomic E-state index is 5.38. The van der Waals surface area contributed by atoms with E-state index in [0.717, 1.165) is 6.42 Å². The van der Waals surface area contributed by atoms with Crippen LogP contribution >= 0.6 is 0 Å². The second kappa shape index (κ2) is 5.61. The molecule has 0 aromatic carbocycles. The Labute approximate surface area is 83.1 Å². The lowest BCUT2D eigenvalue weighted by molar-refractivity contribution is 0.00782. The van der Waals surface area contributed by atoms with E-state index in [2.05, 4.69) is 39.9 Å². The molecule has 0 aliphatic carbocycles. The SMILES string of the molecule is CC[C@H](C)N[C@@H](C)CC(C)(C)OC. The fourth-order valence-corrected chi connectivity index (χ4v) is 1.48. The Morgan fingerprint density at radius 2 is 1.77 bits per heavy atom. The number of ether oxygens (including phenoxy) is 1. The first kappa shape index (κ1) is 12.9. The molecule has 2 atom stereocenters. The molecule has 0 aromatic rings. The molecule has 0 amide bonds. The van der Waals surface area contributed by atoms with Gasteiger partial charge in [0.25, 0.3) is 0 Å². The van der Waals surface area contributed by atoms with Gasteiger partial charge < -0.3 is 10.1 Å². The normalized spacial score (nSPS) is 17.1. The van der Waals surface area contributed by atoms with Gasteiger partial charge in [-0.3, -0.25) is 0 Å². The zero-order valence-corrected chi connectivity index (χ0v) is 9.98. The Kier molecular flexibility index (Phi) is 5.57. The largest absolute Gasteiger partial charge is 0.379 e. The van der Waals surface area contributed by atoms with E-state index in [9.17, 15) is 0 Å². The Morgan fingerprint density at radius 3 is 2.15 bits per heavy atom. The highest BCUT2D eigenvalue weighted by Crippen LogP contribution is 2.15. The Morgan fingerprint density at radius 1 is 1.23 bits per heavy atom. The van der Waals surface area contributed by atoms with E-state index in [1.165, 1.54) is 6.42 Å². The zero-order valence-electron chi connectivity index (χ0n) is 9.98. The fourth-order valence-electron chi connectivity index (χ4n) is 1.48. The molecule has 13 heavy (non-hydrogen) atoms. The third-order valence-corrected chi connectivity index (χ3v) is 2.53. The summed E-state index contributed by atoms with van der Waals surface area (Å²) >= 11 is 0. The van der Waals surface area contributed by atoms with Crippen molar-refractivity contribution in [3.05, 3.63) is 0 Å². The van der Waals surface area contributed by atoms with Crippen molar-refractivity contribution in [2.75, 3.05) is 7.11 Å². The first-order valence-corrected chi connectivity index (χ1v) is 5.22. The van der Waals surface area contributed by atoms with Crippen molar-refractivity contribution in [2.24, 2.45) is 0 Å². The van der Waals surface area contributed by atoms with Crippen LogP contribution in [0.1, 0.15) is 47.5 Å². The van der Waals surface area contributed by atoms with Crippen LogP contribution in [0.3, 0.4) is 0 Å².